The summed E-state index contributed by atoms with van der Waals surface area (Å²) in [6, 6.07) is 6.90. The summed E-state index contributed by atoms with van der Waals surface area (Å²) in [7, 11) is 0. The Labute approximate surface area is 154 Å². The van der Waals surface area contributed by atoms with Gasteiger partial charge >= 0.3 is 0 Å². The molecule has 2 aromatic rings. The minimum absolute atomic E-state index is 0.181. The molecule has 1 fully saturated rings. The fourth-order valence-electron chi connectivity index (χ4n) is 3.13. The number of nitrogen functional groups attached to an aromatic ring is 1. The Kier molecular flexibility index (Phi) is 5.75. The molecule has 6 nitrogen and oxygen atoms in total. The molecule has 0 saturated carbocycles. The van der Waals surface area contributed by atoms with Crippen LogP contribution < -0.4 is 20.9 Å². The van der Waals surface area contributed by atoms with Crippen LogP contribution in [-0.2, 0) is 0 Å². The highest BCUT2D eigenvalue weighted by Gasteiger charge is 2.22. The van der Waals surface area contributed by atoms with Crippen LogP contribution in [0.2, 0.25) is 0 Å². The number of nitrogens with one attached hydrogen (secondary N) is 1. The van der Waals surface area contributed by atoms with Crippen molar-refractivity contribution in [2.45, 2.75) is 20.3 Å². The number of aromatic nitrogens is 2. The van der Waals surface area contributed by atoms with Gasteiger partial charge in [-0.3, -0.25) is 0 Å². The van der Waals surface area contributed by atoms with Crippen LogP contribution in [0.4, 0.5) is 27.4 Å². The van der Waals surface area contributed by atoms with Gasteiger partial charge in [-0.15, -0.1) is 0 Å². The summed E-state index contributed by atoms with van der Waals surface area (Å²) in [5, 5.41) is 3.30. The number of hydrogen-bond donors (Lipinski definition) is 2. The lowest BCUT2D eigenvalue weighted by molar-refractivity contribution is 0.596. The van der Waals surface area contributed by atoms with E-state index in [-0.39, 0.29) is 5.82 Å². The van der Waals surface area contributed by atoms with Crippen LogP contribution in [0.25, 0.3) is 0 Å². The fourth-order valence-corrected chi connectivity index (χ4v) is 3.13. The molecule has 2 heterocycles. The zero-order valence-electron chi connectivity index (χ0n) is 15.5. The Balaban J connectivity index is 1.65. The van der Waals surface area contributed by atoms with Gasteiger partial charge < -0.3 is 20.9 Å². The van der Waals surface area contributed by atoms with E-state index < -0.39 is 0 Å². The molecule has 1 aromatic carbocycles. The van der Waals surface area contributed by atoms with Gasteiger partial charge in [0.1, 0.15) is 17.8 Å². The Morgan fingerprint density at radius 2 is 1.81 bits per heavy atom. The third kappa shape index (κ3) is 4.15. The number of hydrogen-bond acceptors (Lipinski definition) is 6. The molecule has 0 spiro atoms. The molecule has 0 atom stereocenters. The fraction of sp³-hybridized carbons (Fsp3) is 0.474. The molecule has 1 aromatic heterocycles. The van der Waals surface area contributed by atoms with E-state index in [1.807, 2.05) is 12.1 Å². The van der Waals surface area contributed by atoms with Crippen LogP contribution in [0.1, 0.15) is 20.3 Å². The van der Waals surface area contributed by atoms with E-state index in [0.717, 1.165) is 45.0 Å². The molecule has 1 saturated heterocycles. The molecule has 3 N–H and O–H groups in total. The van der Waals surface area contributed by atoms with Gasteiger partial charge in [-0.1, -0.05) is 26.0 Å². The van der Waals surface area contributed by atoms with Crippen LogP contribution in [-0.4, -0.2) is 42.7 Å². The van der Waals surface area contributed by atoms with Gasteiger partial charge in [-0.2, -0.15) is 0 Å². The Morgan fingerprint density at radius 1 is 1.12 bits per heavy atom. The highest BCUT2D eigenvalue weighted by Crippen LogP contribution is 2.28. The summed E-state index contributed by atoms with van der Waals surface area (Å²) >= 11 is 0. The van der Waals surface area contributed by atoms with Crippen molar-refractivity contribution in [2.24, 2.45) is 5.92 Å². The maximum atomic E-state index is 14.0. The quantitative estimate of drug-likeness (QED) is 0.827. The van der Waals surface area contributed by atoms with Gasteiger partial charge in [0.25, 0.3) is 0 Å². The number of halogens is 1. The molecular weight excluding hydrogens is 331 g/mol. The van der Waals surface area contributed by atoms with Crippen molar-refractivity contribution in [1.82, 2.24) is 9.97 Å². The van der Waals surface area contributed by atoms with Gasteiger partial charge in [-0.05, 0) is 24.5 Å². The molecule has 0 amide bonds. The summed E-state index contributed by atoms with van der Waals surface area (Å²) in [5.41, 5.74) is 7.53. The van der Waals surface area contributed by atoms with Gasteiger partial charge in [-0.25, -0.2) is 14.4 Å². The zero-order valence-corrected chi connectivity index (χ0v) is 15.5. The van der Waals surface area contributed by atoms with Crippen LogP contribution in [0.15, 0.2) is 30.6 Å². The Hall–Kier alpha value is -2.57. The summed E-state index contributed by atoms with van der Waals surface area (Å²) in [5.74, 6) is 1.88. The number of para-hydroxylation sites is 1. The zero-order chi connectivity index (χ0) is 18.5. The maximum Gasteiger partial charge on any atom is 0.157 e. The van der Waals surface area contributed by atoms with E-state index in [4.69, 9.17) is 5.73 Å². The lowest BCUT2D eigenvalue weighted by Crippen LogP contribution is -2.47. The number of piperazine rings is 1. The summed E-state index contributed by atoms with van der Waals surface area (Å²) in [6.07, 6.45) is 2.60. The second-order valence-electron chi connectivity index (χ2n) is 6.99. The standard InChI is InChI=1S/C19H27FN6/c1-14(2)7-8-22-18-17(21)19(24-13-23-18)26-11-9-25(10-12-26)16-6-4-3-5-15(16)20/h3-6,13-14H,7-12,21H2,1-2H3,(H,22,23,24). The minimum Gasteiger partial charge on any atom is -0.393 e. The molecule has 140 valence electrons. The molecule has 1 aliphatic rings. The lowest BCUT2D eigenvalue weighted by Gasteiger charge is -2.37. The van der Waals surface area contributed by atoms with E-state index >= 15 is 0 Å². The molecular formula is C19H27FN6. The number of nitrogens with two attached hydrogens (primary N) is 1. The predicted octanol–water partition coefficient (Wildman–Crippen LogP) is 2.98. The van der Waals surface area contributed by atoms with Gasteiger partial charge in [0.15, 0.2) is 11.6 Å². The van der Waals surface area contributed by atoms with Crippen molar-refractivity contribution < 1.29 is 4.39 Å². The van der Waals surface area contributed by atoms with Crippen molar-refractivity contribution in [2.75, 3.05) is 53.6 Å². The minimum atomic E-state index is -0.181. The van der Waals surface area contributed by atoms with Crippen molar-refractivity contribution in [1.29, 1.82) is 0 Å². The number of anilines is 4. The van der Waals surface area contributed by atoms with Gasteiger partial charge in [0, 0.05) is 32.7 Å². The average Bonchev–Trinajstić information content (AvgIpc) is 2.64. The summed E-state index contributed by atoms with van der Waals surface area (Å²) in [6.45, 7) is 8.12. The molecule has 0 bridgehead atoms. The van der Waals surface area contributed by atoms with Crippen molar-refractivity contribution in [3.63, 3.8) is 0 Å². The van der Waals surface area contributed by atoms with E-state index in [9.17, 15) is 4.39 Å². The molecule has 3 rings (SSSR count). The van der Waals surface area contributed by atoms with Gasteiger partial charge in [0.2, 0.25) is 0 Å². The predicted molar refractivity (Wildman–Crippen MR) is 105 cm³/mol. The van der Waals surface area contributed by atoms with Crippen LogP contribution in [0, 0.1) is 11.7 Å². The van der Waals surface area contributed by atoms with Crippen molar-refractivity contribution in [3.05, 3.63) is 36.4 Å². The third-order valence-electron chi connectivity index (χ3n) is 4.65. The van der Waals surface area contributed by atoms with Crippen LogP contribution in [0.5, 0.6) is 0 Å². The van der Waals surface area contributed by atoms with Gasteiger partial charge in [0.05, 0.1) is 5.69 Å². The van der Waals surface area contributed by atoms with E-state index in [1.165, 1.54) is 6.07 Å². The highest BCUT2D eigenvalue weighted by molar-refractivity contribution is 5.75. The van der Waals surface area contributed by atoms with Crippen LogP contribution in [0.3, 0.4) is 0 Å². The van der Waals surface area contributed by atoms with E-state index in [0.29, 0.717) is 23.1 Å². The smallest absolute Gasteiger partial charge is 0.157 e. The first-order chi connectivity index (χ1) is 12.6. The second kappa shape index (κ2) is 8.21. The molecule has 0 aliphatic carbocycles. The Bertz CT molecular complexity index is 728. The maximum absolute atomic E-state index is 14.0. The summed E-state index contributed by atoms with van der Waals surface area (Å²) in [4.78, 5) is 12.9. The third-order valence-corrected chi connectivity index (χ3v) is 4.65. The second-order valence-corrected chi connectivity index (χ2v) is 6.99. The Morgan fingerprint density at radius 3 is 2.50 bits per heavy atom. The number of rotatable bonds is 6. The first-order valence-electron chi connectivity index (χ1n) is 9.15. The first kappa shape index (κ1) is 18.2. The first-order valence-corrected chi connectivity index (χ1v) is 9.15. The van der Waals surface area contributed by atoms with Crippen molar-refractivity contribution >= 4 is 23.0 Å². The van der Waals surface area contributed by atoms with Crippen molar-refractivity contribution in [3.8, 4) is 0 Å². The molecule has 26 heavy (non-hydrogen) atoms. The normalized spacial score (nSPS) is 14.8. The molecule has 0 unspecified atom stereocenters. The van der Waals surface area contributed by atoms with Crippen LogP contribution >= 0.6 is 0 Å². The average molecular weight is 358 g/mol. The largest absolute Gasteiger partial charge is 0.393 e. The topological polar surface area (TPSA) is 70.3 Å². The molecule has 1 aliphatic heterocycles. The van der Waals surface area contributed by atoms with E-state index in [1.54, 1.807) is 12.4 Å². The lowest BCUT2D eigenvalue weighted by atomic mass is 10.1. The molecule has 7 heteroatoms. The number of benzene rings is 1. The number of nitrogens with zero attached hydrogens (tertiary/aromatic N) is 4. The van der Waals surface area contributed by atoms with E-state index in [2.05, 4.69) is 38.9 Å². The summed E-state index contributed by atoms with van der Waals surface area (Å²) < 4.78 is 14.0. The monoisotopic (exact) mass is 358 g/mol. The highest BCUT2D eigenvalue weighted by atomic mass is 19.1. The SMILES string of the molecule is CC(C)CCNc1ncnc(N2CCN(c3ccccc3F)CC2)c1N. The molecule has 0 radical (unpaired) electrons.